The number of rotatable bonds is 5. The lowest BCUT2D eigenvalue weighted by Crippen LogP contribution is -2.28. The highest BCUT2D eigenvalue weighted by Crippen LogP contribution is 2.61. The van der Waals surface area contributed by atoms with Crippen LogP contribution in [0.1, 0.15) is 22.3 Å². The van der Waals surface area contributed by atoms with Crippen LogP contribution in [0.5, 0.6) is 23.0 Å². The van der Waals surface area contributed by atoms with Crippen LogP contribution < -0.4 is 9.47 Å². The van der Waals surface area contributed by atoms with Crippen molar-refractivity contribution in [3.05, 3.63) is 253 Å². The Morgan fingerprint density at radius 2 is 0.864 bits per heavy atom. The van der Waals surface area contributed by atoms with E-state index in [0.717, 1.165) is 38.5 Å². The van der Waals surface area contributed by atoms with Crippen molar-refractivity contribution in [1.29, 1.82) is 0 Å². The Kier molecular flexibility index (Phi) is 7.90. The highest BCUT2D eigenvalue weighted by Gasteiger charge is 2.47. The molecule has 0 saturated heterocycles. The second-order valence-corrected chi connectivity index (χ2v) is 17.6. The SMILES string of the molecule is c1ccc(C2(c3ccccc3)c3ccccc3-c3cc4c(cc32)Oc2c(cccc2-c2c3ccccc3c(-c3cccc(-c5ccc6c(c5)[nH]c5ccccc56)c3)c3ccccc23)O4)cc1. The van der Waals surface area contributed by atoms with Crippen molar-refractivity contribution in [3.63, 3.8) is 0 Å². The van der Waals surface area contributed by atoms with Gasteiger partial charge in [0.05, 0.1) is 5.41 Å². The number of hydrogen-bond donors (Lipinski definition) is 1. The Bertz CT molecular complexity index is 3840. The standard InChI is InChI=1S/C63H39NO2/c1-3-19-42(20-4-1)63(43-21-5-2-6-22-43)53-30-13-11-23-44(53)52-37-58-59(38-54(52)63)66-62-51(29-16-32-57(62)65-58)61-49-27-9-7-25-47(49)60(48-26-8-10-28-50(48)61)41-18-15-17-39(35-41)40-33-34-46-45-24-12-14-31-55(45)64-56(46)36-40/h1-38,64H. The maximum absolute atomic E-state index is 7.25. The summed E-state index contributed by atoms with van der Waals surface area (Å²) in [4.78, 5) is 3.64. The van der Waals surface area contributed by atoms with Crippen LogP contribution in [-0.2, 0) is 5.41 Å². The van der Waals surface area contributed by atoms with Gasteiger partial charge in [-0.05, 0) is 114 Å². The number of H-pyrrole nitrogens is 1. The first-order valence-electron chi connectivity index (χ1n) is 22.7. The van der Waals surface area contributed by atoms with Crippen molar-refractivity contribution in [2.45, 2.75) is 5.41 Å². The summed E-state index contributed by atoms with van der Waals surface area (Å²) in [5.74, 6) is 2.81. The van der Waals surface area contributed by atoms with E-state index in [2.05, 4.69) is 229 Å². The van der Waals surface area contributed by atoms with Gasteiger partial charge in [-0.2, -0.15) is 0 Å². The number of fused-ring (bicyclic) bond motifs is 10. The highest BCUT2D eigenvalue weighted by molar-refractivity contribution is 6.22. The van der Waals surface area contributed by atoms with Gasteiger partial charge >= 0.3 is 0 Å². The van der Waals surface area contributed by atoms with Gasteiger partial charge in [-0.3, -0.25) is 0 Å². The van der Waals surface area contributed by atoms with Crippen LogP contribution in [0.2, 0.25) is 0 Å². The number of aromatic amines is 1. The molecule has 0 radical (unpaired) electrons. The lowest BCUT2D eigenvalue weighted by molar-refractivity contribution is 0.360. The fourth-order valence-electron chi connectivity index (χ4n) is 11.4. The molecule has 1 aliphatic carbocycles. The molecule has 12 aromatic rings. The van der Waals surface area contributed by atoms with E-state index in [1.54, 1.807) is 0 Å². The quantitative estimate of drug-likeness (QED) is 0.175. The van der Waals surface area contributed by atoms with E-state index < -0.39 is 5.41 Å². The summed E-state index contributed by atoms with van der Waals surface area (Å²) in [6, 6.07) is 83.2. The predicted octanol–water partition coefficient (Wildman–Crippen LogP) is 16.9. The van der Waals surface area contributed by atoms with Crippen molar-refractivity contribution in [2.24, 2.45) is 0 Å². The maximum atomic E-state index is 7.25. The van der Waals surface area contributed by atoms with Gasteiger partial charge in [0.1, 0.15) is 0 Å². The van der Waals surface area contributed by atoms with E-state index in [1.807, 2.05) is 6.07 Å². The Balaban J connectivity index is 0.934. The molecule has 66 heavy (non-hydrogen) atoms. The van der Waals surface area contributed by atoms with Crippen molar-refractivity contribution < 1.29 is 9.47 Å². The third-order valence-electron chi connectivity index (χ3n) is 14.1. The number of benzene rings is 11. The first-order chi connectivity index (χ1) is 32.7. The van der Waals surface area contributed by atoms with E-state index in [1.165, 1.54) is 71.6 Å². The van der Waals surface area contributed by atoms with Crippen LogP contribution in [0.4, 0.5) is 0 Å². The molecule has 1 N–H and O–H groups in total. The van der Waals surface area contributed by atoms with Crippen molar-refractivity contribution in [3.8, 4) is 67.5 Å². The molecule has 0 bridgehead atoms. The summed E-state index contributed by atoms with van der Waals surface area (Å²) in [5, 5.41) is 7.13. The lowest BCUT2D eigenvalue weighted by atomic mass is 9.67. The third-order valence-corrected chi connectivity index (χ3v) is 14.1. The summed E-state index contributed by atoms with van der Waals surface area (Å²) in [6.45, 7) is 0. The molecule has 0 fully saturated rings. The summed E-state index contributed by atoms with van der Waals surface area (Å²) in [6.07, 6.45) is 0. The average Bonchev–Trinajstić information content (AvgIpc) is 3.90. The van der Waals surface area contributed by atoms with Crippen LogP contribution in [0, 0.1) is 0 Å². The molecule has 2 heterocycles. The van der Waals surface area contributed by atoms with Gasteiger partial charge in [0.2, 0.25) is 0 Å². The Labute approximate surface area is 381 Å². The van der Waals surface area contributed by atoms with Crippen LogP contribution in [0.3, 0.4) is 0 Å². The van der Waals surface area contributed by atoms with Crippen molar-refractivity contribution in [2.75, 3.05) is 0 Å². The topological polar surface area (TPSA) is 34.2 Å². The fourth-order valence-corrected chi connectivity index (χ4v) is 11.4. The zero-order valence-corrected chi connectivity index (χ0v) is 35.8. The van der Waals surface area contributed by atoms with E-state index in [0.29, 0.717) is 23.0 Å². The minimum absolute atomic E-state index is 0.560. The van der Waals surface area contributed by atoms with Crippen molar-refractivity contribution in [1.82, 2.24) is 4.98 Å². The van der Waals surface area contributed by atoms with Gasteiger partial charge in [-0.1, -0.05) is 194 Å². The normalized spacial score (nSPS) is 13.2. The van der Waals surface area contributed by atoms with E-state index >= 15 is 0 Å². The second-order valence-electron chi connectivity index (χ2n) is 17.6. The first-order valence-corrected chi connectivity index (χ1v) is 22.7. The molecule has 0 unspecified atom stereocenters. The zero-order chi connectivity index (χ0) is 43.3. The van der Waals surface area contributed by atoms with Gasteiger partial charge in [0.25, 0.3) is 0 Å². The number of aromatic nitrogens is 1. The molecule has 0 spiro atoms. The summed E-state index contributed by atoms with van der Waals surface area (Å²) < 4.78 is 14.2. The Morgan fingerprint density at radius 3 is 1.61 bits per heavy atom. The molecular weight excluding hydrogens is 803 g/mol. The monoisotopic (exact) mass is 841 g/mol. The van der Waals surface area contributed by atoms with Gasteiger partial charge in [-0.25, -0.2) is 0 Å². The number of hydrogen-bond acceptors (Lipinski definition) is 2. The maximum Gasteiger partial charge on any atom is 0.177 e. The third kappa shape index (κ3) is 5.26. The molecule has 0 amide bonds. The number of para-hydroxylation sites is 2. The molecular formula is C63H39NO2. The smallest absolute Gasteiger partial charge is 0.177 e. The van der Waals surface area contributed by atoms with Crippen LogP contribution in [0.25, 0.3) is 87.9 Å². The molecule has 1 aliphatic heterocycles. The van der Waals surface area contributed by atoms with E-state index in [9.17, 15) is 0 Å². The molecule has 308 valence electrons. The van der Waals surface area contributed by atoms with Crippen LogP contribution in [0.15, 0.2) is 231 Å². The average molecular weight is 842 g/mol. The minimum Gasteiger partial charge on any atom is -0.449 e. The molecule has 3 heteroatoms. The number of nitrogens with one attached hydrogen (secondary N) is 1. The summed E-state index contributed by atoms with van der Waals surface area (Å²) in [7, 11) is 0. The first kappa shape index (κ1) is 36.8. The largest absolute Gasteiger partial charge is 0.449 e. The number of ether oxygens (including phenoxy) is 2. The molecule has 0 saturated carbocycles. The molecule has 0 atom stereocenters. The van der Waals surface area contributed by atoms with Crippen LogP contribution in [-0.4, -0.2) is 4.98 Å². The Morgan fingerprint density at radius 1 is 0.303 bits per heavy atom. The fraction of sp³-hybridized carbons (Fsp3) is 0.0159. The summed E-state index contributed by atoms with van der Waals surface area (Å²) in [5.41, 5.74) is 15.7. The molecule has 14 rings (SSSR count). The van der Waals surface area contributed by atoms with Crippen LogP contribution >= 0.6 is 0 Å². The highest BCUT2D eigenvalue weighted by atomic mass is 16.6. The van der Waals surface area contributed by atoms with E-state index in [-0.39, 0.29) is 0 Å². The Hall–Kier alpha value is -8.66. The molecule has 1 aromatic heterocycles. The molecule has 11 aromatic carbocycles. The predicted molar refractivity (Wildman–Crippen MR) is 271 cm³/mol. The van der Waals surface area contributed by atoms with Crippen molar-refractivity contribution >= 4 is 43.4 Å². The van der Waals surface area contributed by atoms with Gasteiger partial charge in [-0.15, -0.1) is 0 Å². The second kappa shape index (κ2) is 14.2. The lowest BCUT2D eigenvalue weighted by Gasteiger charge is -2.34. The summed E-state index contributed by atoms with van der Waals surface area (Å²) >= 11 is 0. The minimum atomic E-state index is -0.560. The molecule has 2 aliphatic rings. The van der Waals surface area contributed by atoms with E-state index in [4.69, 9.17) is 9.47 Å². The molecule has 3 nitrogen and oxygen atoms in total. The van der Waals surface area contributed by atoms with Gasteiger partial charge < -0.3 is 14.5 Å². The van der Waals surface area contributed by atoms with Gasteiger partial charge in [0.15, 0.2) is 23.0 Å². The zero-order valence-electron chi connectivity index (χ0n) is 35.8. The van der Waals surface area contributed by atoms with Gasteiger partial charge in [0, 0.05) is 32.9 Å².